The Bertz CT molecular complexity index is 749. The zero-order valence-corrected chi connectivity index (χ0v) is 15.7. The van der Waals surface area contributed by atoms with Crippen molar-refractivity contribution in [1.82, 2.24) is 4.90 Å². The first-order chi connectivity index (χ1) is 12.9. The fraction of sp³-hybridized carbons (Fsp3) is 0.529. The number of nitrogens with two attached hydrogens (primary N) is 1. The molecule has 0 aliphatic carbocycles. The van der Waals surface area contributed by atoms with Gasteiger partial charge in [-0.1, -0.05) is 13.0 Å². The predicted molar refractivity (Wildman–Crippen MR) is 99.5 cm³/mol. The van der Waals surface area contributed by atoms with E-state index in [0.717, 1.165) is 0 Å². The molecule has 0 saturated carbocycles. The standard InChI is InChI=1S/C17H25BN2O8/c1-9(18(26)27)5-10-3-4-12(13(14(10)21)15(22)23)28-11-6-20(7-11)8-17(2,19)16(24)25/h3-4,9,11,21,26-27H,5-8,19H2,1-2H3,(H,22,23)(H,24,25)/t9-,17-/m1/s1. The summed E-state index contributed by atoms with van der Waals surface area (Å²) in [5.41, 5.74) is 4.17. The molecule has 10 nitrogen and oxygen atoms in total. The average Bonchev–Trinajstić information content (AvgIpc) is 2.54. The number of likely N-dealkylation sites (tertiary alicyclic amines) is 1. The summed E-state index contributed by atoms with van der Waals surface area (Å²) in [6, 6.07) is 2.90. The lowest BCUT2D eigenvalue weighted by atomic mass is 9.71. The Labute approximate surface area is 162 Å². The van der Waals surface area contributed by atoms with Crippen LogP contribution in [0.1, 0.15) is 29.8 Å². The van der Waals surface area contributed by atoms with E-state index in [0.29, 0.717) is 13.1 Å². The zero-order chi connectivity index (χ0) is 21.2. The van der Waals surface area contributed by atoms with Crippen molar-refractivity contribution in [3.05, 3.63) is 23.3 Å². The van der Waals surface area contributed by atoms with Crippen molar-refractivity contribution in [2.75, 3.05) is 19.6 Å². The van der Waals surface area contributed by atoms with Crippen LogP contribution < -0.4 is 10.5 Å². The van der Waals surface area contributed by atoms with E-state index in [1.807, 2.05) is 0 Å². The van der Waals surface area contributed by atoms with E-state index in [1.165, 1.54) is 19.1 Å². The van der Waals surface area contributed by atoms with E-state index in [9.17, 15) is 29.9 Å². The lowest BCUT2D eigenvalue weighted by Crippen LogP contribution is -2.62. The number of aromatic carboxylic acids is 1. The molecule has 2 rings (SSSR count). The maximum atomic E-state index is 11.6. The zero-order valence-electron chi connectivity index (χ0n) is 15.7. The fourth-order valence-corrected chi connectivity index (χ4v) is 2.98. The Hall–Kier alpha value is -2.34. The van der Waals surface area contributed by atoms with Crippen LogP contribution in [0.25, 0.3) is 0 Å². The van der Waals surface area contributed by atoms with Crippen molar-refractivity contribution in [2.45, 2.75) is 37.7 Å². The van der Waals surface area contributed by atoms with Gasteiger partial charge >= 0.3 is 19.1 Å². The molecule has 1 aliphatic rings. The molecule has 0 bridgehead atoms. The summed E-state index contributed by atoms with van der Waals surface area (Å²) in [5.74, 6) is -3.58. The number of carbonyl (C=O) groups is 2. The second-order valence-electron chi connectivity index (χ2n) is 7.50. The highest BCUT2D eigenvalue weighted by molar-refractivity contribution is 6.43. The van der Waals surface area contributed by atoms with Gasteiger partial charge in [0.1, 0.15) is 28.7 Å². The van der Waals surface area contributed by atoms with E-state index in [1.54, 1.807) is 11.8 Å². The minimum Gasteiger partial charge on any atom is -0.507 e. The molecule has 1 aromatic rings. The second-order valence-corrected chi connectivity index (χ2v) is 7.50. The minimum absolute atomic E-state index is 0.00987. The molecule has 0 aromatic heterocycles. The van der Waals surface area contributed by atoms with Gasteiger partial charge in [0.2, 0.25) is 0 Å². The van der Waals surface area contributed by atoms with Gasteiger partial charge in [0.05, 0.1) is 0 Å². The summed E-state index contributed by atoms with van der Waals surface area (Å²) < 4.78 is 5.67. The number of phenols is 1. The van der Waals surface area contributed by atoms with Crippen molar-refractivity contribution >= 4 is 19.1 Å². The highest BCUT2D eigenvalue weighted by atomic mass is 16.5. The van der Waals surface area contributed by atoms with Crippen LogP contribution in [0.15, 0.2) is 12.1 Å². The van der Waals surface area contributed by atoms with Crippen LogP contribution in [-0.2, 0) is 11.2 Å². The maximum Gasteiger partial charge on any atom is 0.454 e. The van der Waals surface area contributed by atoms with Gasteiger partial charge in [0.15, 0.2) is 0 Å². The molecule has 0 unspecified atom stereocenters. The monoisotopic (exact) mass is 396 g/mol. The molecule has 7 N–H and O–H groups in total. The summed E-state index contributed by atoms with van der Waals surface area (Å²) in [6.45, 7) is 3.83. The smallest absolute Gasteiger partial charge is 0.454 e. The van der Waals surface area contributed by atoms with E-state index < -0.39 is 41.7 Å². The average molecular weight is 396 g/mol. The number of carboxylic acid groups (broad SMARTS) is 2. The number of hydrogen-bond acceptors (Lipinski definition) is 8. The van der Waals surface area contributed by atoms with E-state index in [4.69, 9.17) is 15.6 Å². The van der Waals surface area contributed by atoms with Crippen LogP contribution >= 0.6 is 0 Å². The predicted octanol–water partition coefficient (Wildman–Crippen LogP) is -0.639. The number of rotatable bonds is 9. The Balaban J connectivity index is 2.08. The molecule has 1 aromatic carbocycles. The van der Waals surface area contributed by atoms with Crippen molar-refractivity contribution in [3.8, 4) is 11.5 Å². The van der Waals surface area contributed by atoms with Gasteiger partial charge in [0.25, 0.3) is 0 Å². The van der Waals surface area contributed by atoms with Crippen LogP contribution in [0.3, 0.4) is 0 Å². The quantitative estimate of drug-likeness (QED) is 0.295. The van der Waals surface area contributed by atoms with Crippen LogP contribution in [0, 0.1) is 0 Å². The van der Waals surface area contributed by atoms with E-state index in [2.05, 4.69) is 0 Å². The normalized spacial score (nSPS) is 18.0. The first kappa shape index (κ1) is 22.0. The summed E-state index contributed by atoms with van der Waals surface area (Å²) in [7, 11) is -1.59. The molecular formula is C17H25BN2O8. The third kappa shape index (κ3) is 4.93. The third-order valence-electron chi connectivity index (χ3n) is 4.75. The lowest BCUT2D eigenvalue weighted by molar-refractivity contribution is -0.144. The molecule has 28 heavy (non-hydrogen) atoms. The van der Waals surface area contributed by atoms with Gasteiger partial charge in [-0.2, -0.15) is 0 Å². The summed E-state index contributed by atoms with van der Waals surface area (Å²) in [5, 5.41) is 47.2. The Kier molecular flexibility index (Phi) is 6.55. The highest BCUT2D eigenvalue weighted by Gasteiger charge is 2.37. The van der Waals surface area contributed by atoms with Gasteiger partial charge in [-0.15, -0.1) is 0 Å². The van der Waals surface area contributed by atoms with Gasteiger partial charge < -0.3 is 35.8 Å². The van der Waals surface area contributed by atoms with Gasteiger partial charge in [0, 0.05) is 19.6 Å². The third-order valence-corrected chi connectivity index (χ3v) is 4.75. The SMILES string of the molecule is C[C@H](Cc1ccc(OC2CN(C[C@@](C)(N)C(=O)O)C2)c(C(=O)O)c1O)B(O)O. The molecule has 154 valence electrons. The number of hydrogen-bond donors (Lipinski definition) is 6. The first-order valence-corrected chi connectivity index (χ1v) is 8.78. The molecular weight excluding hydrogens is 371 g/mol. The number of aromatic hydroxyl groups is 1. The summed E-state index contributed by atoms with van der Waals surface area (Å²) >= 11 is 0. The van der Waals surface area contributed by atoms with Crippen LogP contribution in [-0.4, -0.2) is 80.6 Å². The van der Waals surface area contributed by atoms with Gasteiger partial charge in [-0.05, 0) is 30.8 Å². The Morgan fingerprint density at radius 2 is 1.96 bits per heavy atom. The fourth-order valence-electron chi connectivity index (χ4n) is 2.98. The van der Waals surface area contributed by atoms with Crippen LogP contribution in [0.5, 0.6) is 11.5 Å². The number of nitrogens with zero attached hydrogens (tertiary/aromatic N) is 1. The van der Waals surface area contributed by atoms with Crippen LogP contribution in [0.4, 0.5) is 0 Å². The molecule has 1 saturated heterocycles. The second kappa shape index (κ2) is 8.35. The number of ether oxygens (including phenoxy) is 1. The number of benzene rings is 1. The summed E-state index contributed by atoms with van der Waals surface area (Å²) in [4.78, 5) is 24.4. The Morgan fingerprint density at radius 3 is 2.46 bits per heavy atom. The van der Waals surface area contributed by atoms with Gasteiger partial charge in [-0.3, -0.25) is 9.69 Å². The van der Waals surface area contributed by atoms with Crippen LogP contribution in [0.2, 0.25) is 5.82 Å². The van der Waals surface area contributed by atoms with E-state index in [-0.39, 0.29) is 30.4 Å². The number of aliphatic carboxylic acids is 1. The number of carboxylic acids is 2. The molecule has 11 heteroatoms. The molecule has 1 fully saturated rings. The Morgan fingerprint density at radius 1 is 1.36 bits per heavy atom. The largest absolute Gasteiger partial charge is 0.507 e. The van der Waals surface area contributed by atoms with Gasteiger partial charge in [-0.25, -0.2) is 4.79 Å². The minimum atomic E-state index is -1.59. The molecule has 0 radical (unpaired) electrons. The summed E-state index contributed by atoms with van der Waals surface area (Å²) in [6.07, 6.45) is -0.294. The molecule has 1 aliphatic heterocycles. The van der Waals surface area contributed by atoms with Crippen molar-refractivity contribution in [3.63, 3.8) is 0 Å². The molecule has 2 atom stereocenters. The first-order valence-electron chi connectivity index (χ1n) is 8.78. The molecule has 0 amide bonds. The highest BCUT2D eigenvalue weighted by Crippen LogP contribution is 2.35. The lowest BCUT2D eigenvalue weighted by Gasteiger charge is -2.41. The van der Waals surface area contributed by atoms with Crippen molar-refractivity contribution < 1.29 is 39.7 Å². The van der Waals surface area contributed by atoms with Crippen molar-refractivity contribution in [2.24, 2.45) is 5.73 Å². The molecule has 0 spiro atoms. The van der Waals surface area contributed by atoms with Crippen molar-refractivity contribution in [1.29, 1.82) is 0 Å². The maximum absolute atomic E-state index is 11.6. The topological polar surface area (TPSA) is 174 Å². The van der Waals surface area contributed by atoms with E-state index >= 15 is 0 Å². The molecule has 1 heterocycles.